The van der Waals surface area contributed by atoms with Gasteiger partial charge in [-0.15, -0.1) is 0 Å². The van der Waals surface area contributed by atoms with E-state index < -0.39 is 0 Å². The second-order valence-electron chi connectivity index (χ2n) is 6.20. The first-order valence-corrected chi connectivity index (χ1v) is 8.36. The maximum absolute atomic E-state index is 12.0. The Morgan fingerprint density at radius 2 is 1.88 bits per heavy atom. The van der Waals surface area contributed by atoms with Crippen molar-refractivity contribution < 1.29 is 13.9 Å². The van der Waals surface area contributed by atoms with E-state index >= 15 is 0 Å². The lowest BCUT2D eigenvalue weighted by atomic mass is 10.2. The van der Waals surface area contributed by atoms with Crippen LogP contribution in [0.2, 0.25) is 0 Å². The zero-order chi connectivity index (χ0) is 17.2. The van der Waals surface area contributed by atoms with Gasteiger partial charge in [0.1, 0.15) is 13.2 Å². The van der Waals surface area contributed by atoms with Crippen LogP contribution >= 0.6 is 0 Å². The lowest BCUT2D eigenvalue weighted by molar-refractivity contribution is 0.171. The SMILES string of the molecule is CN(CCn1c(=O)oc2ccccc21)Cc1ccc2c(c1)OCCO2. The molecule has 0 radical (unpaired) electrons. The van der Waals surface area contributed by atoms with Crippen molar-refractivity contribution in [1.82, 2.24) is 9.47 Å². The summed E-state index contributed by atoms with van der Waals surface area (Å²) < 4.78 is 18.1. The summed E-state index contributed by atoms with van der Waals surface area (Å²) in [6.07, 6.45) is 0. The third kappa shape index (κ3) is 3.25. The third-order valence-corrected chi connectivity index (χ3v) is 4.34. The number of likely N-dealkylation sites (N-methyl/N-ethyl adjacent to an activating group) is 1. The molecule has 0 N–H and O–H groups in total. The highest BCUT2D eigenvalue weighted by atomic mass is 16.6. The fourth-order valence-electron chi connectivity index (χ4n) is 3.07. The Hall–Kier alpha value is -2.73. The first-order chi connectivity index (χ1) is 12.2. The van der Waals surface area contributed by atoms with E-state index in [1.807, 2.05) is 49.5 Å². The van der Waals surface area contributed by atoms with Gasteiger partial charge in [0.2, 0.25) is 0 Å². The lowest BCUT2D eigenvalue weighted by Gasteiger charge is -2.21. The summed E-state index contributed by atoms with van der Waals surface area (Å²) in [5.41, 5.74) is 2.61. The normalized spacial score (nSPS) is 13.5. The number of aromatic nitrogens is 1. The number of ether oxygens (including phenoxy) is 2. The molecule has 25 heavy (non-hydrogen) atoms. The van der Waals surface area contributed by atoms with Gasteiger partial charge in [-0.05, 0) is 36.9 Å². The zero-order valence-electron chi connectivity index (χ0n) is 14.1. The Balaban J connectivity index is 1.43. The number of oxazole rings is 1. The van der Waals surface area contributed by atoms with Gasteiger partial charge in [-0.1, -0.05) is 18.2 Å². The number of para-hydroxylation sites is 2. The van der Waals surface area contributed by atoms with Gasteiger partial charge in [-0.25, -0.2) is 4.79 Å². The van der Waals surface area contributed by atoms with Gasteiger partial charge in [0, 0.05) is 19.6 Å². The Bertz CT molecular complexity index is 944. The molecule has 1 aliphatic rings. The highest BCUT2D eigenvalue weighted by Crippen LogP contribution is 2.31. The molecule has 130 valence electrons. The molecule has 0 amide bonds. The summed E-state index contributed by atoms with van der Waals surface area (Å²) in [4.78, 5) is 14.2. The summed E-state index contributed by atoms with van der Waals surface area (Å²) in [7, 11) is 2.03. The maximum Gasteiger partial charge on any atom is 0.419 e. The van der Waals surface area contributed by atoms with E-state index in [0.717, 1.165) is 35.7 Å². The van der Waals surface area contributed by atoms with E-state index in [2.05, 4.69) is 4.90 Å². The van der Waals surface area contributed by atoms with Crippen LogP contribution in [0.4, 0.5) is 0 Å². The molecule has 0 fully saturated rings. The van der Waals surface area contributed by atoms with E-state index in [1.165, 1.54) is 0 Å². The van der Waals surface area contributed by atoms with Crippen molar-refractivity contribution in [3.8, 4) is 11.5 Å². The fraction of sp³-hybridized carbons (Fsp3) is 0.316. The molecule has 0 atom stereocenters. The molecule has 1 aliphatic heterocycles. The topological polar surface area (TPSA) is 56.8 Å². The van der Waals surface area contributed by atoms with E-state index in [4.69, 9.17) is 13.9 Å². The molecule has 0 aliphatic carbocycles. The number of rotatable bonds is 5. The lowest BCUT2D eigenvalue weighted by Crippen LogP contribution is -2.26. The van der Waals surface area contributed by atoms with Crippen molar-refractivity contribution >= 4 is 11.1 Å². The number of nitrogens with zero attached hydrogens (tertiary/aromatic N) is 2. The number of benzene rings is 2. The Morgan fingerprint density at radius 3 is 2.76 bits per heavy atom. The van der Waals surface area contributed by atoms with Crippen molar-refractivity contribution in [2.24, 2.45) is 0 Å². The van der Waals surface area contributed by atoms with E-state index in [0.29, 0.717) is 25.3 Å². The van der Waals surface area contributed by atoms with Crippen molar-refractivity contribution in [2.45, 2.75) is 13.1 Å². The van der Waals surface area contributed by atoms with Crippen LogP contribution in [0.5, 0.6) is 11.5 Å². The van der Waals surface area contributed by atoms with Gasteiger partial charge in [0.25, 0.3) is 0 Å². The standard InChI is InChI=1S/C19H20N2O4/c1-20(13-14-6-7-17-18(12-14)24-11-10-23-17)8-9-21-15-4-2-3-5-16(15)25-19(21)22/h2-7,12H,8-11,13H2,1H3. The van der Waals surface area contributed by atoms with Crippen LogP contribution in [-0.2, 0) is 13.1 Å². The molecule has 1 aromatic heterocycles. The second kappa shape index (κ2) is 6.64. The first kappa shape index (κ1) is 15.8. The Morgan fingerprint density at radius 1 is 1.08 bits per heavy atom. The van der Waals surface area contributed by atoms with Crippen LogP contribution in [0, 0.1) is 0 Å². The van der Waals surface area contributed by atoms with Crippen LogP contribution in [-0.4, -0.2) is 36.3 Å². The molecule has 2 aromatic carbocycles. The van der Waals surface area contributed by atoms with Gasteiger partial charge in [-0.2, -0.15) is 0 Å². The minimum atomic E-state index is -0.311. The molecule has 0 bridgehead atoms. The summed E-state index contributed by atoms with van der Waals surface area (Å²) in [5.74, 6) is 1.29. The molecule has 2 heterocycles. The van der Waals surface area contributed by atoms with Crippen LogP contribution in [0.15, 0.2) is 51.7 Å². The Labute approximate surface area is 145 Å². The van der Waals surface area contributed by atoms with Crippen molar-refractivity contribution in [1.29, 1.82) is 0 Å². The Kier molecular flexibility index (Phi) is 4.19. The van der Waals surface area contributed by atoms with Crippen LogP contribution in [0.3, 0.4) is 0 Å². The summed E-state index contributed by atoms with van der Waals surface area (Å²) >= 11 is 0. The largest absolute Gasteiger partial charge is 0.486 e. The van der Waals surface area contributed by atoms with Crippen molar-refractivity contribution in [3.05, 3.63) is 58.6 Å². The quantitative estimate of drug-likeness (QED) is 0.714. The summed E-state index contributed by atoms with van der Waals surface area (Å²) in [6, 6.07) is 13.5. The maximum atomic E-state index is 12.0. The molecule has 3 aromatic rings. The molecule has 0 unspecified atom stereocenters. The van der Waals surface area contributed by atoms with E-state index in [9.17, 15) is 4.79 Å². The van der Waals surface area contributed by atoms with Gasteiger partial charge in [-0.3, -0.25) is 4.57 Å². The van der Waals surface area contributed by atoms with Crippen LogP contribution in [0.1, 0.15) is 5.56 Å². The second-order valence-corrected chi connectivity index (χ2v) is 6.20. The van der Waals surface area contributed by atoms with Crippen LogP contribution < -0.4 is 15.2 Å². The van der Waals surface area contributed by atoms with Crippen LogP contribution in [0.25, 0.3) is 11.1 Å². The van der Waals surface area contributed by atoms with E-state index in [-0.39, 0.29) is 5.76 Å². The highest BCUT2D eigenvalue weighted by molar-refractivity contribution is 5.72. The molecular formula is C19H20N2O4. The third-order valence-electron chi connectivity index (χ3n) is 4.34. The fourth-order valence-corrected chi connectivity index (χ4v) is 3.07. The van der Waals surface area contributed by atoms with Gasteiger partial charge < -0.3 is 18.8 Å². The zero-order valence-corrected chi connectivity index (χ0v) is 14.1. The minimum Gasteiger partial charge on any atom is -0.486 e. The van der Waals surface area contributed by atoms with Crippen molar-refractivity contribution in [3.63, 3.8) is 0 Å². The van der Waals surface area contributed by atoms with Gasteiger partial charge in [0.15, 0.2) is 17.1 Å². The highest BCUT2D eigenvalue weighted by Gasteiger charge is 2.13. The molecule has 0 saturated carbocycles. The predicted molar refractivity (Wildman–Crippen MR) is 94.2 cm³/mol. The van der Waals surface area contributed by atoms with Crippen molar-refractivity contribution in [2.75, 3.05) is 26.8 Å². The monoisotopic (exact) mass is 340 g/mol. The first-order valence-electron chi connectivity index (χ1n) is 8.36. The molecule has 0 saturated heterocycles. The predicted octanol–water partition coefficient (Wildman–Crippen LogP) is 2.50. The average Bonchev–Trinajstić information content (AvgIpc) is 2.95. The molecule has 0 spiro atoms. The summed E-state index contributed by atoms with van der Waals surface area (Å²) in [6.45, 7) is 3.26. The summed E-state index contributed by atoms with van der Waals surface area (Å²) in [5, 5.41) is 0. The molecule has 6 heteroatoms. The minimum absolute atomic E-state index is 0.311. The molecule has 6 nitrogen and oxygen atoms in total. The van der Waals surface area contributed by atoms with Gasteiger partial charge in [0.05, 0.1) is 5.52 Å². The number of fused-ring (bicyclic) bond motifs is 2. The molecule has 4 rings (SSSR count). The average molecular weight is 340 g/mol. The number of hydrogen-bond donors (Lipinski definition) is 0. The number of hydrogen-bond acceptors (Lipinski definition) is 5. The molecular weight excluding hydrogens is 320 g/mol. The smallest absolute Gasteiger partial charge is 0.419 e. The van der Waals surface area contributed by atoms with E-state index in [1.54, 1.807) is 4.57 Å². The van der Waals surface area contributed by atoms with Gasteiger partial charge >= 0.3 is 5.76 Å².